The highest BCUT2D eigenvalue weighted by Gasteiger charge is 2.22. The Morgan fingerprint density at radius 2 is 1.96 bits per heavy atom. The van der Waals surface area contributed by atoms with Gasteiger partial charge in [0.25, 0.3) is 0 Å². The van der Waals surface area contributed by atoms with E-state index in [0.29, 0.717) is 13.0 Å². The fraction of sp³-hybridized carbons (Fsp3) is 0.350. The van der Waals surface area contributed by atoms with Crippen LogP contribution in [0.5, 0.6) is 0 Å². The van der Waals surface area contributed by atoms with Gasteiger partial charge >= 0.3 is 0 Å². The molecule has 2 aromatic rings. The molecule has 0 aliphatic carbocycles. The van der Waals surface area contributed by atoms with Crippen molar-refractivity contribution < 1.29 is 9.90 Å². The average molecular weight is 309 g/mol. The maximum Gasteiger partial charge on any atom is 0.226 e. The fourth-order valence-corrected chi connectivity index (χ4v) is 3.36. The van der Waals surface area contributed by atoms with Crippen LogP contribution in [0.2, 0.25) is 0 Å². The van der Waals surface area contributed by atoms with Crippen LogP contribution in [-0.4, -0.2) is 17.6 Å². The molecule has 3 nitrogen and oxygen atoms in total. The first kappa shape index (κ1) is 15.8. The summed E-state index contributed by atoms with van der Waals surface area (Å²) in [7, 11) is 0. The molecule has 0 radical (unpaired) electrons. The van der Waals surface area contributed by atoms with E-state index >= 15 is 0 Å². The maximum absolute atomic E-state index is 12.2. The van der Waals surface area contributed by atoms with Crippen molar-refractivity contribution in [1.29, 1.82) is 0 Å². The number of aliphatic hydroxyl groups excluding tert-OH is 1. The third-order valence-corrected chi connectivity index (χ3v) is 4.65. The number of benzene rings is 2. The Kier molecular flexibility index (Phi) is 4.49. The SMILES string of the molecule is CCN1C(=O)CCCc2cc(C(O)c3ccccc3C)ccc21. The van der Waals surface area contributed by atoms with E-state index in [1.807, 2.05) is 55.1 Å². The lowest BCUT2D eigenvalue weighted by Gasteiger charge is -2.23. The number of aryl methyl sites for hydroxylation is 2. The summed E-state index contributed by atoms with van der Waals surface area (Å²) in [6.07, 6.45) is 1.71. The van der Waals surface area contributed by atoms with Gasteiger partial charge in [0.2, 0.25) is 5.91 Å². The Morgan fingerprint density at radius 3 is 2.70 bits per heavy atom. The molecule has 1 aliphatic heterocycles. The van der Waals surface area contributed by atoms with Crippen molar-refractivity contribution in [3.63, 3.8) is 0 Å². The molecular formula is C20H23NO2. The van der Waals surface area contributed by atoms with E-state index in [2.05, 4.69) is 6.07 Å². The van der Waals surface area contributed by atoms with Crippen molar-refractivity contribution in [2.24, 2.45) is 0 Å². The first-order valence-corrected chi connectivity index (χ1v) is 8.28. The van der Waals surface area contributed by atoms with Gasteiger partial charge in [-0.3, -0.25) is 4.79 Å². The molecule has 0 fully saturated rings. The number of rotatable bonds is 3. The first-order chi connectivity index (χ1) is 11.1. The minimum atomic E-state index is -0.629. The molecule has 0 saturated heterocycles. The third-order valence-electron chi connectivity index (χ3n) is 4.65. The van der Waals surface area contributed by atoms with E-state index in [0.717, 1.165) is 40.8 Å². The van der Waals surface area contributed by atoms with Crippen LogP contribution in [-0.2, 0) is 11.2 Å². The second-order valence-corrected chi connectivity index (χ2v) is 6.14. The van der Waals surface area contributed by atoms with Crippen molar-refractivity contribution in [2.45, 2.75) is 39.2 Å². The van der Waals surface area contributed by atoms with Gasteiger partial charge in [0.05, 0.1) is 0 Å². The van der Waals surface area contributed by atoms with Gasteiger partial charge in [0, 0.05) is 18.7 Å². The smallest absolute Gasteiger partial charge is 0.226 e. The van der Waals surface area contributed by atoms with Crippen molar-refractivity contribution in [1.82, 2.24) is 0 Å². The van der Waals surface area contributed by atoms with Crippen LogP contribution in [0.3, 0.4) is 0 Å². The van der Waals surface area contributed by atoms with Crippen LogP contribution in [0.15, 0.2) is 42.5 Å². The lowest BCUT2D eigenvalue weighted by Crippen LogP contribution is -2.29. The van der Waals surface area contributed by atoms with E-state index in [1.165, 1.54) is 0 Å². The van der Waals surface area contributed by atoms with Gasteiger partial charge in [-0.2, -0.15) is 0 Å². The average Bonchev–Trinajstić information content (AvgIpc) is 2.71. The van der Waals surface area contributed by atoms with Crippen LogP contribution in [0, 0.1) is 6.92 Å². The summed E-state index contributed by atoms with van der Waals surface area (Å²) >= 11 is 0. The van der Waals surface area contributed by atoms with Crippen LogP contribution >= 0.6 is 0 Å². The topological polar surface area (TPSA) is 40.5 Å². The Bertz CT molecular complexity index is 723. The summed E-state index contributed by atoms with van der Waals surface area (Å²) < 4.78 is 0. The number of hydrogen-bond acceptors (Lipinski definition) is 2. The van der Waals surface area contributed by atoms with E-state index in [-0.39, 0.29) is 5.91 Å². The molecule has 120 valence electrons. The summed E-state index contributed by atoms with van der Waals surface area (Å²) in [6, 6.07) is 13.9. The van der Waals surface area contributed by atoms with Crippen LogP contribution in [0.25, 0.3) is 0 Å². The van der Waals surface area contributed by atoms with Gasteiger partial charge in [-0.1, -0.05) is 36.4 Å². The molecule has 1 N–H and O–H groups in total. The Hall–Kier alpha value is -2.13. The van der Waals surface area contributed by atoms with Crippen molar-refractivity contribution >= 4 is 11.6 Å². The lowest BCUT2D eigenvalue weighted by molar-refractivity contribution is -0.118. The van der Waals surface area contributed by atoms with Crippen molar-refractivity contribution in [3.8, 4) is 0 Å². The molecule has 0 bridgehead atoms. The first-order valence-electron chi connectivity index (χ1n) is 8.28. The Balaban J connectivity index is 1.99. The number of carbonyl (C=O) groups excluding carboxylic acids is 1. The normalized spacial score (nSPS) is 16.0. The molecule has 3 rings (SSSR count). The monoisotopic (exact) mass is 309 g/mol. The van der Waals surface area contributed by atoms with E-state index in [4.69, 9.17) is 0 Å². The lowest BCUT2D eigenvalue weighted by atomic mass is 9.95. The minimum absolute atomic E-state index is 0.193. The fourth-order valence-electron chi connectivity index (χ4n) is 3.36. The maximum atomic E-state index is 12.2. The van der Waals surface area contributed by atoms with Gasteiger partial charge < -0.3 is 10.0 Å². The molecule has 2 aromatic carbocycles. The Morgan fingerprint density at radius 1 is 1.17 bits per heavy atom. The zero-order valence-corrected chi connectivity index (χ0v) is 13.7. The highest BCUT2D eigenvalue weighted by Crippen LogP contribution is 2.32. The predicted octanol–water partition coefficient (Wildman–Crippen LogP) is 3.77. The zero-order chi connectivity index (χ0) is 16.4. The van der Waals surface area contributed by atoms with Gasteiger partial charge in [-0.25, -0.2) is 0 Å². The standard InChI is InChI=1S/C20H23NO2/c1-3-21-18-12-11-16(13-15(18)8-6-10-19(21)22)20(23)17-9-5-4-7-14(17)2/h4-5,7,9,11-13,20,23H,3,6,8,10H2,1-2H3. The largest absolute Gasteiger partial charge is 0.384 e. The van der Waals surface area contributed by atoms with Gasteiger partial charge in [0.1, 0.15) is 6.10 Å². The Labute approximate surface area is 137 Å². The minimum Gasteiger partial charge on any atom is -0.384 e. The second kappa shape index (κ2) is 6.55. The number of anilines is 1. The van der Waals surface area contributed by atoms with Crippen LogP contribution in [0.1, 0.15) is 48.1 Å². The summed E-state index contributed by atoms with van der Waals surface area (Å²) in [6.45, 7) is 4.70. The van der Waals surface area contributed by atoms with Gasteiger partial charge in [-0.15, -0.1) is 0 Å². The van der Waals surface area contributed by atoms with Crippen LogP contribution < -0.4 is 4.90 Å². The number of amides is 1. The zero-order valence-electron chi connectivity index (χ0n) is 13.7. The summed E-state index contributed by atoms with van der Waals surface area (Å²) in [5, 5.41) is 10.7. The molecule has 23 heavy (non-hydrogen) atoms. The van der Waals surface area contributed by atoms with Crippen LogP contribution in [0.4, 0.5) is 5.69 Å². The molecule has 1 atom stereocenters. The molecule has 0 saturated carbocycles. The predicted molar refractivity (Wildman–Crippen MR) is 92.6 cm³/mol. The number of hydrogen-bond donors (Lipinski definition) is 1. The highest BCUT2D eigenvalue weighted by atomic mass is 16.3. The molecule has 1 unspecified atom stereocenters. The molecule has 0 spiro atoms. The summed E-state index contributed by atoms with van der Waals surface area (Å²) in [5.41, 5.74) is 5.06. The molecule has 1 aliphatic rings. The van der Waals surface area contributed by atoms with Crippen molar-refractivity contribution in [2.75, 3.05) is 11.4 Å². The molecule has 0 aromatic heterocycles. The molecular weight excluding hydrogens is 286 g/mol. The number of fused-ring (bicyclic) bond motifs is 1. The van der Waals surface area contributed by atoms with E-state index in [1.54, 1.807) is 0 Å². The summed E-state index contributed by atoms with van der Waals surface area (Å²) in [4.78, 5) is 14.0. The van der Waals surface area contributed by atoms with E-state index < -0.39 is 6.10 Å². The second-order valence-electron chi connectivity index (χ2n) is 6.14. The van der Waals surface area contributed by atoms with Crippen molar-refractivity contribution in [3.05, 3.63) is 64.7 Å². The molecule has 1 amide bonds. The molecule has 3 heteroatoms. The summed E-state index contributed by atoms with van der Waals surface area (Å²) in [5.74, 6) is 0.193. The van der Waals surface area contributed by atoms with E-state index in [9.17, 15) is 9.90 Å². The number of carbonyl (C=O) groups is 1. The number of nitrogens with zero attached hydrogens (tertiary/aromatic N) is 1. The molecule has 1 heterocycles. The van der Waals surface area contributed by atoms with Gasteiger partial charge in [0.15, 0.2) is 0 Å². The third kappa shape index (κ3) is 3.02. The van der Waals surface area contributed by atoms with Gasteiger partial charge in [-0.05, 0) is 55.0 Å². The quantitative estimate of drug-likeness (QED) is 0.937. The number of aliphatic hydroxyl groups is 1. The highest BCUT2D eigenvalue weighted by molar-refractivity contribution is 5.94.